The Morgan fingerprint density at radius 2 is 0.456 bits per heavy atom. The molecule has 0 N–H and O–H groups in total. The van der Waals surface area contributed by atoms with E-state index in [1.807, 2.05) is 0 Å². The predicted molar refractivity (Wildman–Crippen MR) is 344 cm³/mol. The van der Waals surface area contributed by atoms with E-state index in [4.69, 9.17) is 14.2 Å². The molecule has 0 aliphatic carbocycles. The van der Waals surface area contributed by atoms with Gasteiger partial charge < -0.3 is 14.2 Å². The quantitative estimate of drug-likeness (QED) is 0.0261. The molecule has 0 aliphatic heterocycles. The van der Waals surface area contributed by atoms with Gasteiger partial charge in [-0.1, -0.05) is 360 Å². The molecule has 0 saturated carbocycles. The van der Waals surface area contributed by atoms with Crippen LogP contribution in [0.5, 0.6) is 0 Å². The second-order valence-electron chi connectivity index (χ2n) is 24.5. The molecule has 0 amide bonds. The summed E-state index contributed by atoms with van der Waals surface area (Å²) in [4.78, 5) is 38.5. The molecule has 79 heavy (non-hydrogen) atoms. The number of unbranched alkanes of at least 4 members (excludes halogenated alkanes) is 52. The lowest BCUT2D eigenvalue weighted by atomic mass is 10.0. The van der Waals surface area contributed by atoms with Crippen molar-refractivity contribution in [2.75, 3.05) is 13.2 Å². The van der Waals surface area contributed by atoms with Crippen molar-refractivity contribution in [3.05, 3.63) is 24.3 Å². The van der Waals surface area contributed by atoms with Crippen LogP contribution in [0, 0.1) is 0 Å². The molecule has 0 fully saturated rings. The highest BCUT2D eigenvalue weighted by Crippen LogP contribution is 2.19. The van der Waals surface area contributed by atoms with E-state index in [0.717, 1.165) is 70.6 Å². The lowest BCUT2D eigenvalue weighted by Gasteiger charge is -2.18. The second-order valence-corrected chi connectivity index (χ2v) is 24.5. The summed E-state index contributed by atoms with van der Waals surface area (Å²) in [5.74, 6) is -0.841. The van der Waals surface area contributed by atoms with Gasteiger partial charge in [-0.05, 0) is 51.4 Å². The van der Waals surface area contributed by atoms with Crippen molar-refractivity contribution in [2.24, 2.45) is 0 Å². The van der Waals surface area contributed by atoms with Gasteiger partial charge in [0.25, 0.3) is 0 Å². The van der Waals surface area contributed by atoms with E-state index in [1.165, 1.54) is 295 Å². The lowest BCUT2D eigenvalue weighted by molar-refractivity contribution is -0.167. The number of ether oxygens (including phenoxy) is 3. The molecule has 1 atom stereocenters. The van der Waals surface area contributed by atoms with E-state index < -0.39 is 6.10 Å². The fourth-order valence-electron chi connectivity index (χ4n) is 11.1. The van der Waals surface area contributed by atoms with Gasteiger partial charge in [0.05, 0.1) is 0 Å². The van der Waals surface area contributed by atoms with Gasteiger partial charge in [0.1, 0.15) is 13.2 Å². The second kappa shape index (κ2) is 68.4. The van der Waals surface area contributed by atoms with Crippen LogP contribution >= 0.6 is 0 Å². The molecule has 0 aromatic carbocycles. The first kappa shape index (κ1) is 76.9. The van der Waals surface area contributed by atoms with Crippen molar-refractivity contribution in [2.45, 2.75) is 412 Å². The summed E-state index contributed by atoms with van der Waals surface area (Å²) < 4.78 is 17.0. The summed E-state index contributed by atoms with van der Waals surface area (Å²) >= 11 is 0. The van der Waals surface area contributed by atoms with Gasteiger partial charge in [0.2, 0.25) is 0 Å². The smallest absolute Gasteiger partial charge is 0.306 e. The molecule has 0 heterocycles. The molecule has 466 valence electrons. The number of rotatable bonds is 67. The molecule has 0 rings (SSSR count). The zero-order valence-corrected chi connectivity index (χ0v) is 53.7. The maximum absolute atomic E-state index is 12.9. The molecule has 6 heteroatoms. The summed E-state index contributed by atoms with van der Waals surface area (Å²) in [6.07, 6.45) is 83.5. The maximum atomic E-state index is 12.9. The van der Waals surface area contributed by atoms with Gasteiger partial charge in [-0.2, -0.15) is 0 Å². The minimum absolute atomic E-state index is 0.0680. The first-order valence-corrected chi connectivity index (χ1v) is 35.8. The molecular formula is C73H138O6. The Morgan fingerprint density at radius 3 is 0.709 bits per heavy atom. The Kier molecular flexibility index (Phi) is 66.6. The van der Waals surface area contributed by atoms with Crippen molar-refractivity contribution in [1.29, 1.82) is 0 Å². The maximum Gasteiger partial charge on any atom is 0.306 e. The summed E-state index contributed by atoms with van der Waals surface area (Å²) in [5.41, 5.74) is 0. The molecule has 6 nitrogen and oxygen atoms in total. The Bertz CT molecular complexity index is 1270. The normalized spacial score (nSPS) is 12.1. The molecule has 0 radical (unpaired) electrons. The largest absolute Gasteiger partial charge is 0.462 e. The molecule has 0 saturated heterocycles. The number of carbonyl (C=O) groups excluding carboxylic acids is 3. The minimum Gasteiger partial charge on any atom is -0.462 e. The molecule has 0 spiro atoms. The zero-order valence-electron chi connectivity index (χ0n) is 53.7. The standard InChI is InChI=1S/C73H138O6/c1-4-7-10-13-16-19-22-25-28-31-33-34-35-36-37-38-39-40-43-45-48-51-54-57-60-63-66-72(75)78-69-70(68-77-71(74)65-62-59-56-53-50-47-44-41-30-27-24-21-18-15-12-9-6-3)79-73(76)67-64-61-58-55-52-49-46-42-32-29-26-23-20-17-14-11-8-5-2/h20,23,29,32,70H,4-19,21-22,24-28,30-31,33-69H2,1-3H3/b23-20-,32-29-. The average Bonchev–Trinajstić information content (AvgIpc) is 3.45. The lowest BCUT2D eigenvalue weighted by Crippen LogP contribution is -2.30. The summed E-state index contributed by atoms with van der Waals surface area (Å²) in [6, 6.07) is 0. The van der Waals surface area contributed by atoms with E-state index in [0.29, 0.717) is 19.3 Å². The Morgan fingerprint density at radius 1 is 0.253 bits per heavy atom. The summed E-state index contributed by atoms with van der Waals surface area (Å²) in [6.45, 7) is 6.71. The highest BCUT2D eigenvalue weighted by Gasteiger charge is 2.19. The Hall–Kier alpha value is -2.11. The third-order valence-corrected chi connectivity index (χ3v) is 16.5. The summed E-state index contributed by atoms with van der Waals surface area (Å²) in [7, 11) is 0. The topological polar surface area (TPSA) is 78.9 Å². The van der Waals surface area contributed by atoms with Crippen LogP contribution in [0.2, 0.25) is 0 Å². The number of allylic oxidation sites excluding steroid dienone is 4. The van der Waals surface area contributed by atoms with Gasteiger partial charge in [0, 0.05) is 19.3 Å². The number of hydrogen-bond donors (Lipinski definition) is 0. The van der Waals surface area contributed by atoms with Crippen LogP contribution in [0.3, 0.4) is 0 Å². The van der Waals surface area contributed by atoms with E-state index in [9.17, 15) is 14.4 Å². The van der Waals surface area contributed by atoms with Gasteiger partial charge >= 0.3 is 17.9 Å². The van der Waals surface area contributed by atoms with Crippen LogP contribution in [0.25, 0.3) is 0 Å². The van der Waals surface area contributed by atoms with Crippen LogP contribution in [0.15, 0.2) is 24.3 Å². The van der Waals surface area contributed by atoms with Crippen molar-refractivity contribution in [1.82, 2.24) is 0 Å². The van der Waals surface area contributed by atoms with Gasteiger partial charge in [-0.25, -0.2) is 0 Å². The number of carbonyl (C=O) groups is 3. The highest BCUT2D eigenvalue weighted by atomic mass is 16.6. The monoisotopic (exact) mass is 1110 g/mol. The SMILES string of the molecule is CCCCCC/C=C\C/C=C\CCCCCCCCCC(=O)OC(COC(=O)CCCCCCCCCCCCCCCCCCC)COC(=O)CCCCCCCCCCCCCCCCCCCCCCCCCCCC. The fourth-order valence-corrected chi connectivity index (χ4v) is 11.1. The predicted octanol–water partition coefficient (Wildman–Crippen LogP) is 24.6. The number of esters is 3. The van der Waals surface area contributed by atoms with E-state index in [-0.39, 0.29) is 31.1 Å². The zero-order chi connectivity index (χ0) is 57.1. The third-order valence-electron chi connectivity index (χ3n) is 16.5. The minimum atomic E-state index is -0.773. The first-order valence-electron chi connectivity index (χ1n) is 35.8. The van der Waals surface area contributed by atoms with Crippen LogP contribution in [-0.2, 0) is 28.6 Å². The van der Waals surface area contributed by atoms with Crippen molar-refractivity contribution >= 4 is 17.9 Å². The van der Waals surface area contributed by atoms with Crippen LogP contribution in [0.1, 0.15) is 406 Å². The highest BCUT2D eigenvalue weighted by molar-refractivity contribution is 5.71. The molecule has 0 bridgehead atoms. The summed E-state index contributed by atoms with van der Waals surface area (Å²) in [5, 5.41) is 0. The molecular weight excluding hydrogens is 973 g/mol. The Balaban J connectivity index is 4.25. The van der Waals surface area contributed by atoms with Gasteiger partial charge in [-0.3, -0.25) is 14.4 Å². The first-order chi connectivity index (χ1) is 39.0. The van der Waals surface area contributed by atoms with Crippen molar-refractivity contribution in [3.63, 3.8) is 0 Å². The van der Waals surface area contributed by atoms with Crippen LogP contribution in [-0.4, -0.2) is 37.2 Å². The third kappa shape index (κ3) is 66.6. The van der Waals surface area contributed by atoms with E-state index >= 15 is 0 Å². The van der Waals surface area contributed by atoms with Crippen LogP contribution in [0.4, 0.5) is 0 Å². The number of hydrogen-bond acceptors (Lipinski definition) is 6. The molecule has 0 aromatic rings. The van der Waals surface area contributed by atoms with Crippen LogP contribution < -0.4 is 0 Å². The van der Waals surface area contributed by atoms with E-state index in [1.54, 1.807) is 0 Å². The molecule has 0 aromatic heterocycles. The van der Waals surface area contributed by atoms with E-state index in [2.05, 4.69) is 45.1 Å². The van der Waals surface area contributed by atoms with Gasteiger partial charge in [0.15, 0.2) is 6.10 Å². The van der Waals surface area contributed by atoms with Crippen molar-refractivity contribution in [3.8, 4) is 0 Å². The molecule has 1 unspecified atom stereocenters. The average molecular weight is 1110 g/mol. The Labute approximate surface area is 493 Å². The fraction of sp³-hybridized carbons (Fsp3) is 0.904. The van der Waals surface area contributed by atoms with Crippen molar-refractivity contribution < 1.29 is 28.6 Å². The van der Waals surface area contributed by atoms with Gasteiger partial charge in [-0.15, -0.1) is 0 Å². The molecule has 0 aliphatic rings.